The number of nitrogens with zero attached hydrogens (tertiary/aromatic N) is 3. The molecule has 37 heavy (non-hydrogen) atoms. The van der Waals surface area contributed by atoms with E-state index in [0.29, 0.717) is 41.8 Å². The lowest BCUT2D eigenvalue weighted by Crippen LogP contribution is -2.46. The number of aromatic nitrogens is 1. The fourth-order valence-corrected chi connectivity index (χ4v) is 6.94. The maximum atomic E-state index is 13.9. The molecule has 0 saturated carbocycles. The molecule has 1 aliphatic heterocycles. The molecular weight excluding hydrogens is 514 g/mol. The van der Waals surface area contributed by atoms with Gasteiger partial charge in [0.05, 0.1) is 48.1 Å². The predicted molar refractivity (Wildman–Crippen MR) is 141 cm³/mol. The van der Waals surface area contributed by atoms with Crippen molar-refractivity contribution in [3.8, 4) is 11.5 Å². The minimum absolute atomic E-state index is 0.0978. The first kappa shape index (κ1) is 25.2. The van der Waals surface area contributed by atoms with Crippen molar-refractivity contribution in [2.45, 2.75) is 24.3 Å². The van der Waals surface area contributed by atoms with E-state index in [1.54, 1.807) is 42.5 Å². The lowest BCUT2D eigenvalue weighted by molar-refractivity contribution is -0.123. The van der Waals surface area contributed by atoms with Crippen LogP contribution in [0.2, 0.25) is 0 Å². The summed E-state index contributed by atoms with van der Waals surface area (Å²) in [7, 11) is -0.630. The summed E-state index contributed by atoms with van der Waals surface area (Å²) >= 11 is 1.38. The van der Waals surface area contributed by atoms with Crippen LogP contribution in [-0.2, 0) is 21.4 Å². The summed E-state index contributed by atoms with van der Waals surface area (Å²) in [4.78, 5) is 20.4. The van der Waals surface area contributed by atoms with Crippen LogP contribution in [-0.4, -0.2) is 50.9 Å². The lowest BCUT2D eigenvalue weighted by Gasteiger charge is -2.33. The molecule has 1 unspecified atom stereocenters. The summed E-state index contributed by atoms with van der Waals surface area (Å²) in [5, 5.41) is 0.528. The van der Waals surface area contributed by atoms with E-state index in [2.05, 4.69) is 0 Å². The fraction of sp³-hybridized carbons (Fsp3) is 0.308. The molecule has 194 valence electrons. The molecule has 1 aliphatic rings. The number of piperidine rings is 1. The van der Waals surface area contributed by atoms with Gasteiger partial charge in [-0.05, 0) is 67.4 Å². The Morgan fingerprint density at radius 1 is 1.14 bits per heavy atom. The number of carbonyl (C=O) groups is 1. The number of hydrogen-bond donors (Lipinski definition) is 0. The van der Waals surface area contributed by atoms with Crippen LogP contribution in [0.3, 0.4) is 0 Å². The largest absolute Gasteiger partial charge is 0.497 e. The highest BCUT2D eigenvalue weighted by Crippen LogP contribution is 2.34. The summed E-state index contributed by atoms with van der Waals surface area (Å²) in [6, 6.07) is 15.4. The Labute approximate surface area is 219 Å². The lowest BCUT2D eigenvalue weighted by atomic mass is 9.98. The van der Waals surface area contributed by atoms with Gasteiger partial charge < -0.3 is 13.9 Å². The average molecular weight is 542 g/mol. The van der Waals surface area contributed by atoms with Crippen LogP contribution in [0.25, 0.3) is 10.2 Å². The second-order valence-electron chi connectivity index (χ2n) is 8.71. The number of furan rings is 1. The van der Waals surface area contributed by atoms with Crippen molar-refractivity contribution in [3.05, 3.63) is 66.6 Å². The Kier molecular flexibility index (Phi) is 7.18. The zero-order chi connectivity index (χ0) is 26.0. The molecule has 3 heterocycles. The van der Waals surface area contributed by atoms with Crippen LogP contribution in [0.15, 0.2) is 70.2 Å². The number of sulfonamides is 1. The van der Waals surface area contributed by atoms with E-state index in [-0.39, 0.29) is 23.9 Å². The van der Waals surface area contributed by atoms with Gasteiger partial charge in [0, 0.05) is 13.1 Å². The van der Waals surface area contributed by atoms with Gasteiger partial charge in [0.1, 0.15) is 17.3 Å². The third-order valence-electron chi connectivity index (χ3n) is 6.41. The Morgan fingerprint density at radius 3 is 2.59 bits per heavy atom. The van der Waals surface area contributed by atoms with Crippen LogP contribution >= 0.6 is 11.3 Å². The molecule has 2 aromatic carbocycles. The highest BCUT2D eigenvalue weighted by molar-refractivity contribution is 7.89. The van der Waals surface area contributed by atoms with Crippen molar-refractivity contribution < 1.29 is 27.1 Å². The Hall–Kier alpha value is -3.41. The normalized spacial score (nSPS) is 16.5. The maximum Gasteiger partial charge on any atom is 0.243 e. The zero-order valence-electron chi connectivity index (χ0n) is 20.5. The van der Waals surface area contributed by atoms with E-state index < -0.39 is 15.9 Å². The molecule has 0 N–H and O–H groups in total. The number of fused-ring (bicyclic) bond motifs is 1. The Bertz CT molecular complexity index is 1480. The molecule has 0 bridgehead atoms. The third-order valence-corrected chi connectivity index (χ3v) is 9.33. The standard InChI is InChI=1S/C26H27N3O6S2/c1-33-19-7-10-22(11-8-19)37(31,32)28-13-3-5-18(16-28)25(30)29(17-21-6-4-14-35-21)26-27-23-12-9-20(34-2)15-24(23)36-26/h4,6-12,14-15,18H,3,5,13,16-17H2,1-2H3. The van der Waals surface area contributed by atoms with Crippen molar-refractivity contribution in [3.63, 3.8) is 0 Å². The highest BCUT2D eigenvalue weighted by Gasteiger charge is 2.36. The van der Waals surface area contributed by atoms with E-state index in [1.165, 1.54) is 34.9 Å². The average Bonchev–Trinajstić information content (AvgIpc) is 3.60. The smallest absolute Gasteiger partial charge is 0.243 e. The topological polar surface area (TPSA) is 102 Å². The molecule has 4 aromatic rings. The van der Waals surface area contributed by atoms with Crippen molar-refractivity contribution >= 4 is 42.6 Å². The molecule has 0 spiro atoms. The molecule has 2 aromatic heterocycles. The molecule has 1 saturated heterocycles. The van der Waals surface area contributed by atoms with Crippen LogP contribution in [0.4, 0.5) is 5.13 Å². The van der Waals surface area contributed by atoms with Gasteiger partial charge in [0.25, 0.3) is 0 Å². The number of hydrogen-bond acceptors (Lipinski definition) is 8. The second-order valence-corrected chi connectivity index (χ2v) is 11.7. The number of methoxy groups -OCH3 is 2. The van der Waals surface area contributed by atoms with Crippen LogP contribution in [0, 0.1) is 5.92 Å². The van der Waals surface area contributed by atoms with E-state index >= 15 is 0 Å². The first-order chi connectivity index (χ1) is 17.9. The summed E-state index contributed by atoms with van der Waals surface area (Å²) < 4.78 is 45.0. The third kappa shape index (κ3) is 5.20. The van der Waals surface area contributed by atoms with E-state index in [1.807, 2.05) is 18.2 Å². The van der Waals surface area contributed by atoms with Gasteiger partial charge in [-0.25, -0.2) is 13.4 Å². The minimum Gasteiger partial charge on any atom is -0.497 e. The Morgan fingerprint density at radius 2 is 1.89 bits per heavy atom. The quantitative estimate of drug-likeness (QED) is 0.323. The van der Waals surface area contributed by atoms with Crippen LogP contribution in [0.1, 0.15) is 18.6 Å². The summed E-state index contributed by atoms with van der Waals surface area (Å²) in [5.41, 5.74) is 0.755. The number of anilines is 1. The summed E-state index contributed by atoms with van der Waals surface area (Å²) in [6.45, 7) is 0.655. The van der Waals surface area contributed by atoms with Gasteiger partial charge in [0.2, 0.25) is 15.9 Å². The van der Waals surface area contributed by atoms with Crippen molar-refractivity contribution in [2.75, 3.05) is 32.2 Å². The molecule has 1 amide bonds. The second kappa shape index (κ2) is 10.5. The first-order valence-corrected chi connectivity index (χ1v) is 14.1. The highest BCUT2D eigenvalue weighted by atomic mass is 32.2. The SMILES string of the molecule is COc1ccc(S(=O)(=O)N2CCCC(C(=O)N(Cc3ccco3)c3nc4ccc(OC)cc4s3)C2)cc1. The van der Waals surface area contributed by atoms with E-state index in [9.17, 15) is 13.2 Å². The van der Waals surface area contributed by atoms with Gasteiger partial charge in [-0.3, -0.25) is 9.69 Å². The van der Waals surface area contributed by atoms with Crippen LogP contribution in [0.5, 0.6) is 11.5 Å². The molecule has 0 aliphatic carbocycles. The molecule has 5 rings (SSSR count). The predicted octanol–water partition coefficient (Wildman–Crippen LogP) is 4.54. The number of carbonyl (C=O) groups excluding carboxylic acids is 1. The number of thiazole rings is 1. The van der Waals surface area contributed by atoms with Gasteiger partial charge in [-0.1, -0.05) is 11.3 Å². The van der Waals surface area contributed by atoms with E-state index in [0.717, 1.165) is 10.2 Å². The number of rotatable bonds is 8. The molecule has 1 atom stereocenters. The number of benzene rings is 2. The zero-order valence-corrected chi connectivity index (χ0v) is 22.1. The van der Waals surface area contributed by atoms with Gasteiger partial charge in [0.15, 0.2) is 5.13 Å². The maximum absolute atomic E-state index is 13.9. The Balaban J connectivity index is 1.42. The summed E-state index contributed by atoms with van der Waals surface area (Å²) in [5.74, 6) is 1.20. The molecular formula is C26H27N3O6S2. The van der Waals surface area contributed by atoms with Crippen molar-refractivity contribution in [2.24, 2.45) is 5.92 Å². The van der Waals surface area contributed by atoms with Crippen molar-refractivity contribution in [1.29, 1.82) is 0 Å². The van der Waals surface area contributed by atoms with Gasteiger partial charge in [-0.2, -0.15) is 4.31 Å². The molecule has 0 radical (unpaired) electrons. The number of amides is 1. The molecule has 11 heteroatoms. The van der Waals surface area contributed by atoms with Crippen molar-refractivity contribution in [1.82, 2.24) is 9.29 Å². The van der Waals surface area contributed by atoms with Gasteiger partial charge >= 0.3 is 0 Å². The molecule has 9 nitrogen and oxygen atoms in total. The first-order valence-electron chi connectivity index (χ1n) is 11.8. The summed E-state index contributed by atoms with van der Waals surface area (Å²) in [6.07, 6.45) is 2.73. The van der Waals surface area contributed by atoms with Crippen LogP contribution < -0.4 is 14.4 Å². The van der Waals surface area contributed by atoms with Gasteiger partial charge in [-0.15, -0.1) is 0 Å². The molecule has 1 fully saturated rings. The van der Waals surface area contributed by atoms with E-state index in [4.69, 9.17) is 18.9 Å². The fourth-order valence-electron chi connectivity index (χ4n) is 4.41. The minimum atomic E-state index is -3.76. The monoisotopic (exact) mass is 541 g/mol. The number of ether oxygens (including phenoxy) is 2.